The number of rotatable bonds is 15. The van der Waals surface area contributed by atoms with Gasteiger partial charge in [-0.25, -0.2) is 9.59 Å². The summed E-state index contributed by atoms with van der Waals surface area (Å²) in [6, 6.07) is 5.84. The third kappa shape index (κ3) is 10.8. The Hall–Kier alpha value is -3.98. The lowest BCUT2D eigenvalue weighted by Gasteiger charge is -2.31. The summed E-state index contributed by atoms with van der Waals surface area (Å²) in [5.74, 6) is -0.771. The number of halogens is 2. The van der Waals surface area contributed by atoms with Crippen LogP contribution in [-0.2, 0) is 19.1 Å². The highest BCUT2D eigenvalue weighted by Gasteiger charge is 2.27. The van der Waals surface area contributed by atoms with Crippen molar-refractivity contribution in [2.75, 3.05) is 91.3 Å². The lowest BCUT2D eigenvalue weighted by atomic mass is 9.95. The van der Waals surface area contributed by atoms with Gasteiger partial charge in [0, 0.05) is 50.1 Å². The molecule has 0 aliphatic carbocycles. The number of nitrogens with two attached hydrogens (primary N) is 2. The van der Waals surface area contributed by atoms with E-state index in [1.54, 1.807) is 0 Å². The molecule has 4 rings (SSSR count). The van der Waals surface area contributed by atoms with E-state index in [0.717, 1.165) is 0 Å². The van der Waals surface area contributed by atoms with E-state index >= 15 is 0 Å². The van der Waals surface area contributed by atoms with Crippen molar-refractivity contribution in [1.82, 2.24) is 20.4 Å². The Labute approximate surface area is 302 Å². The number of methoxy groups -OCH3 is 2. The van der Waals surface area contributed by atoms with Crippen LogP contribution in [0.2, 0.25) is 10.0 Å². The number of hydrogen-bond donors (Lipinski definition) is 4. The fourth-order valence-electron chi connectivity index (χ4n) is 5.98. The Bertz CT molecular complexity index is 1400. The predicted molar refractivity (Wildman–Crippen MR) is 190 cm³/mol. The summed E-state index contributed by atoms with van der Waals surface area (Å²) in [4.78, 5) is 54.8. The molecule has 274 valence electrons. The first-order valence-electron chi connectivity index (χ1n) is 16.6. The summed E-state index contributed by atoms with van der Waals surface area (Å²) in [7, 11) is 2.88. The van der Waals surface area contributed by atoms with Crippen LogP contribution in [0.4, 0.5) is 11.4 Å². The molecule has 2 saturated heterocycles. The average Bonchev–Trinajstić information content (AvgIpc) is 3.12. The minimum absolute atomic E-state index is 0.0235. The van der Waals surface area contributed by atoms with Gasteiger partial charge in [0.05, 0.1) is 35.6 Å². The van der Waals surface area contributed by atoms with E-state index in [-0.39, 0.29) is 58.0 Å². The number of nitrogen functional groups attached to an aromatic ring is 2. The minimum atomic E-state index is -0.546. The highest BCUT2D eigenvalue weighted by molar-refractivity contribution is 6.34. The van der Waals surface area contributed by atoms with Crippen LogP contribution in [0.25, 0.3) is 0 Å². The van der Waals surface area contributed by atoms with Crippen LogP contribution in [0, 0.1) is 11.8 Å². The standard InChI is InChI=1S/C34H46Cl2N6O8/c1-47-29-19-27(37)25(35)17-23(29)33(45)49-15-13-41-9-3-21(4-10-41)31(43)39-7-8-40-32(44)22-5-11-42(12-6-22)14-16-50-34(46)24-18-26(36)28(38)20-30(24)48-2/h17-22H,3-16,37-38H2,1-2H3,(H,39,43)(H,40,44). The number of hydrogen-bond acceptors (Lipinski definition) is 12. The van der Waals surface area contributed by atoms with Crippen molar-refractivity contribution in [3.8, 4) is 11.5 Å². The third-order valence-corrected chi connectivity index (χ3v) is 9.65. The van der Waals surface area contributed by atoms with Crippen LogP contribution in [-0.4, -0.2) is 113 Å². The minimum Gasteiger partial charge on any atom is -0.496 e. The molecule has 6 N–H and O–H groups in total. The number of likely N-dealkylation sites (tertiary alicyclic amines) is 2. The number of benzene rings is 2. The molecule has 0 radical (unpaired) electrons. The van der Waals surface area contributed by atoms with Gasteiger partial charge in [-0.3, -0.25) is 19.4 Å². The van der Waals surface area contributed by atoms with Crippen molar-refractivity contribution in [2.24, 2.45) is 11.8 Å². The summed E-state index contributed by atoms with van der Waals surface area (Å²) in [6.45, 7) is 4.99. The SMILES string of the molecule is COc1cc(N)c(Cl)cc1C(=O)OCCN1CCC(C(=O)NCCNC(=O)C2CCN(CCOC(=O)c3cc(Cl)c(N)cc3OC)CC2)CC1. The zero-order valence-corrected chi connectivity index (χ0v) is 29.9. The molecule has 0 spiro atoms. The second-order valence-corrected chi connectivity index (χ2v) is 13.0. The number of anilines is 2. The van der Waals surface area contributed by atoms with Gasteiger partial charge in [0.15, 0.2) is 0 Å². The number of carbonyl (C=O) groups excluding carboxylic acids is 4. The number of nitrogens with one attached hydrogen (secondary N) is 2. The Kier molecular flexibility index (Phi) is 14.6. The molecule has 14 nitrogen and oxygen atoms in total. The molecule has 2 aliphatic rings. The summed E-state index contributed by atoms with van der Waals surface area (Å²) < 4.78 is 21.3. The van der Waals surface area contributed by atoms with Crippen LogP contribution < -0.4 is 31.6 Å². The van der Waals surface area contributed by atoms with Crippen LogP contribution in [0.1, 0.15) is 46.4 Å². The van der Waals surface area contributed by atoms with E-state index in [2.05, 4.69) is 20.4 Å². The summed E-state index contributed by atoms with van der Waals surface area (Å²) in [5.41, 5.74) is 12.6. The van der Waals surface area contributed by atoms with E-state index in [4.69, 9.17) is 53.6 Å². The fourth-order valence-corrected chi connectivity index (χ4v) is 6.31. The summed E-state index contributed by atoms with van der Waals surface area (Å²) >= 11 is 12.1. The van der Waals surface area contributed by atoms with Gasteiger partial charge in [0.25, 0.3) is 0 Å². The van der Waals surface area contributed by atoms with Crippen molar-refractivity contribution >= 4 is 58.3 Å². The Morgan fingerprint density at radius 3 is 1.38 bits per heavy atom. The van der Waals surface area contributed by atoms with Gasteiger partial charge in [-0.05, 0) is 64.0 Å². The van der Waals surface area contributed by atoms with E-state index in [0.29, 0.717) is 101 Å². The molecule has 2 aromatic carbocycles. The molecule has 50 heavy (non-hydrogen) atoms. The maximum atomic E-state index is 12.7. The average molecular weight is 738 g/mol. The molecule has 0 unspecified atom stereocenters. The van der Waals surface area contributed by atoms with Gasteiger partial charge in [-0.2, -0.15) is 0 Å². The topological polar surface area (TPSA) is 188 Å². The van der Waals surface area contributed by atoms with Gasteiger partial charge >= 0.3 is 11.9 Å². The van der Waals surface area contributed by atoms with Crippen molar-refractivity contribution in [3.63, 3.8) is 0 Å². The zero-order chi connectivity index (χ0) is 36.2. The molecule has 2 aliphatic heterocycles. The second-order valence-electron chi connectivity index (χ2n) is 12.2. The Morgan fingerprint density at radius 1 is 0.680 bits per heavy atom. The van der Waals surface area contributed by atoms with Crippen molar-refractivity contribution in [1.29, 1.82) is 0 Å². The van der Waals surface area contributed by atoms with Crippen molar-refractivity contribution in [3.05, 3.63) is 45.4 Å². The van der Waals surface area contributed by atoms with Gasteiger partial charge < -0.3 is 41.0 Å². The molecule has 0 aromatic heterocycles. The maximum absolute atomic E-state index is 12.7. The third-order valence-electron chi connectivity index (χ3n) is 9.00. The van der Waals surface area contributed by atoms with E-state index in [1.165, 1.54) is 38.5 Å². The predicted octanol–water partition coefficient (Wildman–Crippen LogP) is 2.85. The van der Waals surface area contributed by atoms with Crippen LogP contribution in [0.3, 0.4) is 0 Å². The van der Waals surface area contributed by atoms with Crippen LogP contribution >= 0.6 is 23.2 Å². The summed E-state index contributed by atoms with van der Waals surface area (Å²) in [5, 5.41) is 6.38. The lowest BCUT2D eigenvalue weighted by molar-refractivity contribution is -0.128. The first-order valence-corrected chi connectivity index (χ1v) is 17.4. The normalized spacial score (nSPS) is 16.0. The highest BCUT2D eigenvalue weighted by Crippen LogP contribution is 2.30. The molecule has 16 heteroatoms. The zero-order valence-electron chi connectivity index (χ0n) is 28.4. The molecule has 2 heterocycles. The molecule has 0 saturated carbocycles. The fraction of sp³-hybridized carbons (Fsp3) is 0.529. The monoisotopic (exact) mass is 736 g/mol. The second kappa shape index (κ2) is 18.9. The first kappa shape index (κ1) is 38.8. The smallest absolute Gasteiger partial charge is 0.342 e. The molecule has 2 aromatic rings. The lowest BCUT2D eigenvalue weighted by Crippen LogP contribution is -2.45. The van der Waals surface area contributed by atoms with Crippen LogP contribution in [0.15, 0.2) is 24.3 Å². The molecule has 2 fully saturated rings. The molecule has 0 bridgehead atoms. The Morgan fingerprint density at radius 2 is 1.04 bits per heavy atom. The highest BCUT2D eigenvalue weighted by atomic mass is 35.5. The number of nitrogens with zero attached hydrogens (tertiary/aromatic N) is 2. The molecule has 2 amide bonds. The number of piperidine rings is 2. The van der Waals surface area contributed by atoms with Crippen molar-refractivity contribution in [2.45, 2.75) is 25.7 Å². The Balaban J connectivity index is 1.04. The number of esters is 2. The van der Waals surface area contributed by atoms with E-state index < -0.39 is 11.9 Å². The van der Waals surface area contributed by atoms with Gasteiger partial charge in [0.1, 0.15) is 35.8 Å². The number of ether oxygens (including phenoxy) is 4. The van der Waals surface area contributed by atoms with E-state index in [9.17, 15) is 19.2 Å². The summed E-state index contributed by atoms with van der Waals surface area (Å²) in [6.07, 6.45) is 2.76. The van der Waals surface area contributed by atoms with E-state index in [1.807, 2.05) is 0 Å². The van der Waals surface area contributed by atoms with Gasteiger partial charge in [0.2, 0.25) is 11.8 Å². The largest absolute Gasteiger partial charge is 0.496 e. The van der Waals surface area contributed by atoms with Gasteiger partial charge in [-0.1, -0.05) is 23.2 Å². The molecule has 0 atom stereocenters. The van der Waals surface area contributed by atoms with Gasteiger partial charge in [-0.15, -0.1) is 0 Å². The first-order chi connectivity index (χ1) is 24.0. The quantitative estimate of drug-likeness (QED) is 0.119. The number of carbonyl (C=O) groups is 4. The maximum Gasteiger partial charge on any atom is 0.342 e. The number of amides is 2. The van der Waals surface area contributed by atoms with Crippen molar-refractivity contribution < 1.29 is 38.1 Å². The molecular formula is C34H46Cl2N6O8. The molecular weight excluding hydrogens is 691 g/mol. The van der Waals surface area contributed by atoms with Crippen LogP contribution in [0.5, 0.6) is 11.5 Å².